The second-order valence-corrected chi connectivity index (χ2v) is 4.37. The molecule has 1 rings (SSSR count). The maximum Gasteiger partial charge on any atom is 0.342 e. The SMILES string of the molecule is C=C/C=C\C(=C)C(=O)OC=C1CC(=C(C=C)C(=O)OC)C1. The maximum absolute atomic E-state index is 11.6. The molecule has 0 aromatic carbocycles. The van der Waals surface area contributed by atoms with Crippen LogP contribution >= 0.6 is 0 Å². The van der Waals surface area contributed by atoms with Gasteiger partial charge < -0.3 is 9.47 Å². The van der Waals surface area contributed by atoms with E-state index < -0.39 is 11.9 Å². The van der Waals surface area contributed by atoms with Gasteiger partial charge >= 0.3 is 11.9 Å². The highest BCUT2D eigenvalue weighted by Crippen LogP contribution is 2.35. The van der Waals surface area contributed by atoms with Crippen LogP contribution in [-0.4, -0.2) is 19.0 Å². The van der Waals surface area contributed by atoms with Crippen LogP contribution < -0.4 is 0 Å². The molecule has 1 fully saturated rings. The number of methoxy groups -OCH3 is 1. The highest BCUT2D eigenvalue weighted by atomic mass is 16.5. The van der Waals surface area contributed by atoms with E-state index in [-0.39, 0.29) is 5.57 Å². The molecule has 1 saturated carbocycles. The van der Waals surface area contributed by atoms with Gasteiger partial charge in [0.25, 0.3) is 0 Å². The van der Waals surface area contributed by atoms with Crippen molar-refractivity contribution in [2.75, 3.05) is 7.11 Å². The van der Waals surface area contributed by atoms with E-state index >= 15 is 0 Å². The average Bonchev–Trinajstić information content (AvgIpc) is 2.45. The standard InChI is InChI=1S/C17H18O4/c1-5-7-8-12(3)16(18)21-11-13-9-14(10-13)15(6-2)17(19)20-4/h5-8,11H,1-3,9-10H2,4H3/b8-7-,13-11?,15-14?. The minimum atomic E-state index is -0.519. The lowest BCUT2D eigenvalue weighted by atomic mass is 9.83. The van der Waals surface area contributed by atoms with E-state index in [1.807, 2.05) is 0 Å². The van der Waals surface area contributed by atoms with Crippen molar-refractivity contribution >= 4 is 11.9 Å². The Morgan fingerprint density at radius 3 is 2.38 bits per heavy atom. The quantitative estimate of drug-likeness (QED) is 0.326. The highest BCUT2D eigenvalue weighted by Gasteiger charge is 2.23. The lowest BCUT2D eigenvalue weighted by molar-refractivity contribution is -0.136. The van der Waals surface area contributed by atoms with Crippen LogP contribution in [0.4, 0.5) is 0 Å². The predicted octanol–water partition coefficient (Wildman–Crippen LogP) is 3.16. The van der Waals surface area contributed by atoms with Crippen LogP contribution in [-0.2, 0) is 19.1 Å². The minimum Gasteiger partial charge on any atom is -0.465 e. The molecule has 1 aliphatic rings. The molecule has 110 valence electrons. The van der Waals surface area contributed by atoms with Crippen LogP contribution in [0.15, 0.2) is 72.6 Å². The molecule has 21 heavy (non-hydrogen) atoms. The van der Waals surface area contributed by atoms with Crippen molar-refractivity contribution in [3.63, 3.8) is 0 Å². The number of rotatable bonds is 6. The second kappa shape index (κ2) is 7.85. The van der Waals surface area contributed by atoms with Crippen molar-refractivity contribution in [2.24, 2.45) is 0 Å². The molecule has 0 saturated heterocycles. The molecule has 0 bridgehead atoms. The van der Waals surface area contributed by atoms with Crippen LogP contribution in [0, 0.1) is 0 Å². The molecule has 4 nitrogen and oxygen atoms in total. The molecule has 0 heterocycles. The van der Waals surface area contributed by atoms with Gasteiger partial charge in [0.2, 0.25) is 0 Å². The maximum atomic E-state index is 11.6. The van der Waals surface area contributed by atoms with Gasteiger partial charge in [-0.15, -0.1) is 0 Å². The van der Waals surface area contributed by atoms with Gasteiger partial charge in [-0.1, -0.05) is 38.0 Å². The summed E-state index contributed by atoms with van der Waals surface area (Å²) in [6, 6.07) is 0. The zero-order valence-corrected chi connectivity index (χ0v) is 12.1. The van der Waals surface area contributed by atoms with Gasteiger partial charge in [-0.25, -0.2) is 9.59 Å². The molecule has 0 radical (unpaired) electrons. The van der Waals surface area contributed by atoms with Crippen LogP contribution in [0.3, 0.4) is 0 Å². The molecule has 4 heteroatoms. The fourth-order valence-corrected chi connectivity index (χ4v) is 1.72. The molecular weight excluding hydrogens is 268 g/mol. The summed E-state index contributed by atoms with van der Waals surface area (Å²) in [5, 5.41) is 0. The van der Waals surface area contributed by atoms with Crippen LogP contribution in [0.2, 0.25) is 0 Å². The summed E-state index contributed by atoms with van der Waals surface area (Å²) in [7, 11) is 1.33. The second-order valence-electron chi connectivity index (χ2n) is 4.37. The Morgan fingerprint density at radius 1 is 1.19 bits per heavy atom. The third-order valence-electron chi connectivity index (χ3n) is 2.90. The van der Waals surface area contributed by atoms with E-state index in [0.29, 0.717) is 18.4 Å². The highest BCUT2D eigenvalue weighted by molar-refractivity contribution is 5.93. The Labute approximate surface area is 124 Å². The number of esters is 2. The summed E-state index contributed by atoms with van der Waals surface area (Å²) >= 11 is 0. The van der Waals surface area contributed by atoms with E-state index in [2.05, 4.69) is 24.5 Å². The molecule has 1 aliphatic carbocycles. The smallest absolute Gasteiger partial charge is 0.342 e. The lowest BCUT2D eigenvalue weighted by Gasteiger charge is -2.23. The van der Waals surface area contributed by atoms with Crippen molar-refractivity contribution in [2.45, 2.75) is 12.8 Å². The van der Waals surface area contributed by atoms with E-state index in [1.165, 1.54) is 25.5 Å². The molecular formula is C17H18O4. The van der Waals surface area contributed by atoms with Gasteiger partial charge in [0.1, 0.15) is 0 Å². The Hall–Kier alpha value is -2.62. The van der Waals surface area contributed by atoms with Gasteiger partial charge in [-0.2, -0.15) is 0 Å². The first-order chi connectivity index (χ1) is 10.0. The van der Waals surface area contributed by atoms with Gasteiger partial charge in [0.05, 0.1) is 24.5 Å². The van der Waals surface area contributed by atoms with Crippen molar-refractivity contribution in [3.05, 3.63) is 72.6 Å². The molecule has 0 N–H and O–H groups in total. The number of carbonyl (C=O) groups is 2. The zero-order valence-electron chi connectivity index (χ0n) is 12.1. The van der Waals surface area contributed by atoms with Gasteiger partial charge in [0.15, 0.2) is 0 Å². The number of allylic oxidation sites excluding steroid dienone is 4. The molecule has 0 amide bonds. The summed E-state index contributed by atoms with van der Waals surface area (Å²) in [6.45, 7) is 10.7. The number of hydrogen-bond acceptors (Lipinski definition) is 4. The summed E-state index contributed by atoms with van der Waals surface area (Å²) in [4.78, 5) is 23.0. The van der Waals surface area contributed by atoms with Crippen molar-refractivity contribution < 1.29 is 19.1 Å². The summed E-state index contributed by atoms with van der Waals surface area (Å²) in [5.74, 6) is -0.922. The van der Waals surface area contributed by atoms with E-state index in [4.69, 9.17) is 4.74 Å². The first kappa shape index (κ1) is 16.4. The van der Waals surface area contributed by atoms with E-state index in [0.717, 1.165) is 11.1 Å². The van der Waals surface area contributed by atoms with E-state index in [1.54, 1.807) is 12.2 Å². The minimum absolute atomic E-state index is 0.239. The van der Waals surface area contributed by atoms with Crippen LogP contribution in [0.25, 0.3) is 0 Å². The van der Waals surface area contributed by atoms with Crippen molar-refractivity contribution in [1.82, 2.24) is 0 Å². The van der Waals surface area contributed by atoms with Crippen LogP contribution in [0.1, 0.15) is 12.8 Å². The van der Waals surface area contributed by atoms with E-state index in [9.17, 15) is 9.59 Å². The fourth-order valence-electron chi connectivity index (χ4n) is 1.72. The van der Waals surface area contributed by atoms with Crippen molar-refractivity contribution in [3.8, 4) is 0 Å². The molecule has 0 atom stereocenters. The Morgan fingerprint density at radius 2 is 1.86 bits per heavy atom. The monoisotopic (exact) mass is 286 g/mol. The van der Waals surface area contributed by atoms with Crippen molar-refractivity contribution in [1.29, 1.82) is 0 Å². The summed E-state index contributed by atoms with van der Waals surface area (Å²) < 4.78 is 9.67. The predicted molar refractivity (Wildman–Crippen MR) is 81.1 cm³/mol. The number of ether oxygens (including phenoxy) is 2. The summed E-state index contributed by atoms with van der Waals surface area (Å²) in [5.41, 5.74) is 2.55. The fraction of sp³-hybridized carbons (Fsp3) is 0.176. The Kier molecular flexibility index (Phi) is 6.14. The van der Waals surface area contributed by atoms with Crippen LogP contribution in [0.5, 0.6) is 0 Å². The molecule has 0 aliphatic heterocycles. The molecule has 0 unspecified atom stereocenters. The third-order valence-corrected chi connectivity index (χ3v) is 2.90. The third kappa shape index (κ3) is 4.45. The summed E-state index contributed by atoms with van der Waals surface area (Å²) in [6.07, 6.45) is 8.68. The first-order valence-corrected chi connectivity index (χ1v) is 6.33. The Bertz CT molecular complexity index is 564. The topological polar surface area (TPSA) is 52.6 Å². The molecule has 0 aromatic rings. The molecule has 0 aromatic heterocycles. The lowest BCUT2D eigenvalue weighted by Crippen LogP contribution is -2.13. The normalized spacial score (nSPS) is 13.2. The van der Waals surface area contributed by atoms with Gasteiger partial charge in [-0.3, -0.25) is 0 Å². The Balaban J connectivity index is 2.59. The van der Waals surface area contributed by atoms with Gasteiger partial charge in [-0.05, 0) is 30.1 Å². The molecule has 0 spiro atoms. The first-order valence-electron chi connectivity index (χ1n) is 6.33. The number of hydrogen-bond donors (Lipinski definition) is 0. The largest absolute Gasteiger partial charge is 0.465 e. The number of carbonyl (C=O) groups excluding carboxylic acids is 2. The average molecular weight is 286 g/mol. The van der Waals surface area contributed by atoms with Gasteiger partial charge in [0, 0.05) is 0 Å². The zero-order chi connectivity index (χ0) is 15.8.